The molecule has 1 aromatic heterocycles. The standard InChI is InChI=1S/C14H9O3.C5H5.Fe/c15-10-6-3-7-12-14(10)11(16)8-13(17-12)9-4-1-2-5-9;1-2-4-5-3-1;/h1-8,15H;1-5H;/q-1;-5;. The normalized spacial score (nSPS) is 9.74. The molecule has 4 rings (SSSR count). The van der Waals surface area contributed by atoms with Gasteiger partial charge in [0.2, 0.25) is 0 Å². The predicted molar refractivity (Wildman–Crippen MR) is 87.2 cm³/mol. The third-order valence-corrected chi connectivity index (χ3v) is 3.24. The number of hydrogen-bond donors (Lipinski definition) is 1. The number of benzene rings is 1. The SMILES string of the molecule is O=c1cc(-[c-]2cccc2)oc2cccc(O)c12.[Fe].[cH-]1[cH-][cH-][cH-][cH-]1. The maximum atomic E-state index is 11.9. The zero-order valence-corrected chi connectivity index (χ0v) is 13.2. The molecule has 0 spiro atoms. The molecule has 0 aliphatic heterocycles. The van der Waals surface area contributed by atoms with Crippen LogP contribution in [0.5, 0.6) is 5.75 Å². The minimum absolute atomic E-state index is 0. The Balaban J connectivity index is 0.000000276. The van der Waals surface area contributed by atoms with Gasteiger partial charge in [-0.25, -0.2) is 0 Å². The topological polar surface area (TPSA) is 50.4 Å². The van der Waals surface area contributed by atoms with Crippen molar-refractivity contribution in [3.8, 4) is 17.1 Å². The van der Waals surface area contributed by atoms with Gasteiger partial charge in [0, 0.05) is 17.1 Å². The van der Waals surface area contributed by atoms with Crippen LogP contribution in [0, 0.1) is 0 Å². The van der Waals surface area contributed by atoms with Crippen LogP contribution in [0.1, 0.15) is 0 Å². The van der Waals surface area contributed by atoms with Gasteiger partial charge in [-0.2, -0.15) is 12.1 Å². The molecule has 0 amide bonds. The van der Waals surface area contributed by atoms with Crippen LogP contribution in [0.2, 0.25) is 0 Å². The van der Waals surface area contributed by atoms with E-state index < -0.39 is 0 Å². The molecular weight excluding hydrogens is 332 g/mol. The summed E-state index contributed by atoms with van der Waals surface area (Å²) in [4.78, 5) is 11.9. The van der Waals surface area contributed by atoms with Crippen molar-refractivity contribution in [3.05, 3.63) is 89.1 Å². The summed E-state index contributed by atoms with van der Waals surface area (Å²) in [6.45, 7) is 0. The van der Waals surface area contributed by atoms with Crippen LogP contribution in [0.3, 0.4) is 0 Å². The Labute approximate surface area is 144 Å². The van der Waals surface area contributed by atoms with Gasteiger partial charge >= 0.3 is 0 Å². The molecule has 122 valence electrons. The van der Waals surface area contributed by atoms with Crippen molar-refractivity contribution in [1.29, 1.82) is 0 Å². The van der Waals surface area contributed by atoms with E-state index in [4.69, 9.17) is 4.42 Å². The number of phenolic OH excluding ortho intramolecular Hbond substituents is 1. The molecule has 23 heavy (non-hydrogen) atoms. The van der Waals surface area contributed by atoms with E-state index in [1.807, 2.05) is 54.6 Å². The molecule has 0 radical (unpaired) electrons. The Morgan fingerprint density at radius 1 is 0.957 bits per heavy atom. The molecule has 0 saturated carbocycles. The van der Waals surface area contributed by atoms with Crippen LogP contribution in [-0.2, 0) is 17.1 Å². The van der Waals surface area contributed by atoms with E-state index in [0.29, 0.717) is 11.3 Å². The average molecular weight is 346 g/mol. The molecule has 4 aromatic rings. The van der Waals surface area contributed by atoms with Crippen molar-refractivity contribution < 1.29 is 26.6 Å². The van der Waals surface area contributed by atoms with Gasteiger partial charge in [-0.15, -0.1) is 12.1 Å². The van der Waals surface area contributed by atoms with E-state index in [9.17, 15) is 9.90 Å². The molecule has 0 unspecified atom stereocenters. The van der Waals surface area contributed by atoms with E-state index in [-0.39, 0.29) is 33.6 Å². The summed E-state index contributed by atoms with van der Waals surface area (Å²) in [6.07, 6.45) is 0. The number of aromatic hydroxyl groups is 1. The second-order valence-corrected chi connectivity index (χ2v) is 4.76. The van der Waals surface area contributed by atoms with Crippen molar-refractivity contribution in [2.24, 2.45) is 0 Å². The fourth-order valence-electron chi connectivity index (χ4n) is 2.19. The quantitative estimate of drug-likeness (QED) is 0.413. The third-order valence-electron chi connectivity index (χ3n) is 3.24. The summed E-state index contributed by atoms with van der Waals surface area (Å²) in [6, 6.07) is 23.7. The number of rotatable bonds is 1. The largest absolute Gasteiger partial charge is 0.748 e. The first-order chi connectivity index (χ1) is 10.8. The molecule has 4 heteroatoms. The molecule has 3 nitrogen and oxygen atoms in total. The van der Waals surface area contributed by atoms with E-state index in [0.717, 1.165) is 5.56 Å². The van der Waals surface area contributed by atoms with E-state index >= 15 is 0 Å². The van der Waals surface area contributed by atoms with Gasteiger partial charge in [0.05, 0.1) is 11.1 Å². The Bertz CT molecular complexity index is 886. The molecule has 1 heterocycles. The third kappa shape index (κ3) is 3.81. The first-order valence-electron chi connectivity index (χ1n) is 6.90. The Morgan fingerprint density at radius 3 is 2.17 bits per heavy atom. The van der Waals surface area contributed by atoms with Crippen molar-refractivity contribution >= 4 is 11.0 Å². The fourth-order valence-corrected chi connectivity index (χ4v) is 2.19. The van der Waals surface area contributed by atoms with E-state index in [1.54, 1.807) is 12.1 Å². The Hall–Kier alpha value is -2.55. The molecule has 0 saturated heterocycles. The summed E-state index contributed by atoms with van der Waals surface area (Å²) in [7, 11) is 0. The minimum Gasteiger partial charge on any atom is -0.748 e. The Morgan fingerprint density at radius 2 is 1.57 bits per heavy atom. The predicted octanol–water partition coefficient (Wildman–Crippen LogP) is 4.29. The average Bonchev–Trinajstić information content (AvgIpc) is 3.23. The van der Waals surface area contributed by atoms with Crippen LogP contribution < -0.4 is 5.43 Å². The summed E-state index contributed by atoms with van der Waals surface area (Å²) < 4.78 is 5.61. The van der Waals surface area contributed by atoms with Gasteiger partial charge in [0.15, 0.2) is 5.43 Å². The van der Waals surface area contributed by atoms with Gasteiger partial charge < -0.3 is 39.9 Å². The molecule has 0 fully saturated rings. The monoisotopic (exact) mass is 346 g/mol. The Kier molecular flexibility index (Phi) is 5.58. The van der Waals surface area contributed by atoms with Crippen molar-refractivity contribution in [1.82, 2.24) is 0 Å². The molecule has 3 aromatic carbocycles. The molecule has 0 atom stereocenters. The first kappa shape index (κ1) is 16.8. The summed E-state index contributed by atoms with van der Waals surface area (Å²) in [5, 5.41) is 9.84. The maximum Gasteiger partial charge on any atom is 0.157 e. The van der Waals surface area contributed by atoms with Crippen LogP contribution in [0.4, 0.5) is 0 Å². The number of fused-ring (bicyclic) bond motifs is 1. The molecule has 0 aliphatic rings. The van der Waals surface area contributed by atoms with Gasteiger partial charge in [-0.3, -0.25) is 4.79 Å². The summed E-state index contributed by atoms with van der Waals surface area (Å²) in [5.41, 5.74) is 1.02. The minimum atomic E-state index is -0.236. The molecule has 1 N–H and O–H groups in total. The van der Waals surface area contributed by atoms with E-state index in [1.165, 1.54) is 12.1 Å². The number of hydrogen-bond acceptors (Lipinski definition) is 3. The second-order valence-electron chi connectivity index (χ2n) is 4.76. The van der Waals surface area contributed by atoms with Gasteiger partial charge in [0.1, 0.15) is 11.3 Å². The van der Waals surface area contributed by atoms with Crippen LogP contribution >= 0.6 is 0 Å². The van der Waals surface area contributed by atoms with Crippen LogP contribution in [0.15, 0.2) is 88.1 Å². The van der Waals surface area contributed by atoms with Crippen LogP contribution in [0.25, 0.3) is 22.3 Å². The smallest absolute Gasteiger partial charge is 0.157 e. The zero-order valence-electron chi connectivity index (χ0n) is 12.1. The molecule has 0 aliphatic carbocycles. The van der Waals surface area contributed by atoms with Crippen LogP contribution in [-0.4, -0.2) is 5.11 Å². The van der Waals surface area contributed by atoms with Crippen molar-refractivity contribution in [2.45, 2.75) is 0 Å². The maximum absolute atomic E-state index is 11.9. The summed E-state index contributed by atoms with van der Waals surface area (Å²) in [5.74, 6) is 0.461. The van der Waals surface area contributed by atoms with Gasteiger partial charge in [0.25, 0.3) is 0 Å². The van der Waals surface area contributed by atoms with Crippen molar-refractivity contribution in [3.63, 3.8) is 0 Å². The van der Waals surface area contributed by atoms with E-state index in [2.05, 4.69) is 0 Å². The zero-order chi connectivity index (χ0) is 15.4. The fraction of sp³-hybridized carbons (Fsp3) is 0. The molecule has 0 bridgehead atoms. The van der Waals surface area contributed by atoms with Gasteiger partial charge in [-0.1, -0.05) is 11.6 Å². The first-order valence-corrected chi connectivity index (χ1v) is 6.90. The summed E-state index contributed by atoms with van der Waals surface area (Å²) >= 11 is 0. The van der Waals surface area contributed by atoms with Crippen molar-refractivity contribution in [2.75, 3.05) is 0 Å². The number of phenols is 1. The second kappa shape index (κ2) is 7.63. The molecular formula is C19H14FeO3-6. The van der Waals surface area contributed by atoms with Gasteiger partial charge in [-0.05, 0) is 18.2 Å².